The average Bonchev–Trinajstić information content (AvgIpc) is 2.46. The van der Waals surface area contributed by atoms with Crippen LogP contribution in [0.1, 0.15) is 38.1 Å². The van der Waals surface area contributed by atoms with Crippen LogP contribution >= 0.6 is 0 Å². The van der Waals surface area contributed by atoms with Gasteiger partial charge in [0.05, 0.1) is 10.9 Å². The number of halogens is 2. The molecule has 1 heterocycles. The number of benzene rings is 1. The Bertz CT molecular complexity index is 900. The number of hydrogen-bond acceptors (Lipinski definition) is 3. The molecule has 25 heavy (non-hydrogen) atoms. The molecular formula is C17H19F2N3O3. The third kappa shape index (κ3) is 4.20. The van der Waals surface area contributed by atoms with E-state index in [2.05, 4.69) is 15.6 Å². The number of fused-ring (bicyclic) bond motifs is 1. The van der Waals surface area contributed by atoms with Gasteiger partial charge in [-0.25, -0.2) is 8.78 Å². The molecule has 2 amide bonds. The van der Waals surface area contributed by atoms with E-state index < -0.39 is 40.5 Å². The number of H-pyrrole nitrogens is 1. The Morgan fingerprint density at radius 3 is 2.44 bits per heavy atom. The molecule has 134 valence electrons. The number of pyridine rings is 1. The van der Waals surface area contributed by atoms with E-state index in [0.29, 0.717) is 6.07 Å². The van der Waals surface area contributed by atoms with Gasteiger partial charge < -0.3 is 15.6 Å². The van der Waals surface area contributed by atoms with Crippen molar-refractivity contribution in [3.8, 4) is 0 Å². The maximum atomic E-state index is 13.7. The van der Waals surface area contributed by atoms with E-state index in [-0.39, 0.29) is 16.5 Å². The van der Waals surface area contributed by atoms with Gasteiger partial charge in [0, 0.05) is 17.8 Å². The van der Waals surface area contributed by atoms with Crippen LogP contribution in [0.25, 0.3) is 10.9 Å². The van der Waals surface area contributed by atoms with E-state index in [0.717, 1.165) is 12.3 Å². The molecule has 0 unspecified atom stereocenters. The second-order valence-electron chi connectivity index (χ2n) is 6.78. The third-order valence-corrected chi connectivity index (χ3v) is 3.39. The molecule has 3 N–H and O–H groups in total. The van der Waals surface area contributed by atoms with Crippen molar-refractivity contribution < 1.29 is 18.4 Å². The van der Waals surface area contributed by atoms with Crippen LogP contribution in [0.3, 0.4) is 0 Å². The van der Waals surface area contributed by atoms with E-state index in [4.69, 9.17) is 0 Å². The Balaban J connectivity index is 2.30. The summed E-state index contributed by atoms with van der Waals surface area (Å²) in [6.45, 7) is 6.83. The predicted octanol–water partition coefficient (Wildman–Crippen LogP) is 1.84. The first kappa shape index (κ1) is 18.6. The summed E-state index contributed by atoms with van der Waals surface area (Å²) in [4.78, 5) is 39.1. The summed E-state index contributed by atoms with van der Waals surface area (Å²) in [6, 6.07) is 0.590. The van der Waals surface area contributed by atoms with Gasteiger partial charge in [0.2, 0.25) is 11.3 Å². The number of nitrogens with one attached hydrogen (secondary N) is 3. The first-order chi connectivity index (χ1) is 11.5. The smallest absolute Gasteiger partial charge is 0.257 e. The first-order valence-corrected chi connectivity index (χ1v) is 7.63. The van der Waals surface area contributed by atoms with Crippen LogP contribution in [-0.4, -0.2) is 28.4 Å². The van der Waals surface area contributed by atoms with E-state index in [1.807, 2.05) is 0 Å². The highest BCUT2D eigenvalue weighted by molar-refractivity contribution is 5.99. The minimum Gasteiger partial charge on any atom is -0.358 e. The standard InChI is InChI=1S/C17H19F2N3O3/c1-8(15(24)22-17(2,3)4)21-16(25)11-7-20-13-10(14(11)23)5-9(18)6-12(13)19/h5-8H,1-4H3,(H,20,23)(H,21,25)(H,22,24)/t8-/m0/s1. The van der Waals surface area contributed by atoms with Crippen LogP contribution in [-0.2, 0) is 4.79 Å². The van der Waals surface area contributed by atoms with E-state index in [1.165, 1.54) is 6.92 Å². The van der Waals surface area contributed by atoms with Crippen LogP contribution in [0, 0.1) is 11.6 Å². The topological polar surface area (TPSA) is 91.1 Å². The Labute approximate surface area is 142 Å². The summed E-state index contributed by atoms with van der Waals surface area (Å²) in [7, 11) is 0. The lowest BCUT2D eigenvalue weighted by Crippen LogP contribution is -2.51. The summed E-state index contributed by atoms with van der Waals surface area (Å²) < 4.78 is 27.0. The lowest BCUT2D eigenvalue weighted by atomic mass is 10.1. The van der Waals surface area contributed by atoms with Gasteiger partial charge in [-0.05, 0) is 33.8 Å². The second-order valence-corrected chi connectivity index (χ2v) is 6.78. The minimum atomic E-state index is -0.933. The van der Waals surface area contributed by atoms with Crippen molar-refractivity contribution in [1.82, 2.24) is 15.6 Å². The molecule has 1 aromatic carbocycles. The molecule has 6 nitrogen and oxygen atoms in total. The van der Waals surface area contributed by atoms with Crippen LogP contribution in [0.15, 0.2) is 23.1 Å². The van der Waals surface area contributed by atoms with Gasteiger partial charge in [0.15, 0.2) is 0 Å². The molecule has 0 fully saturated rings. The van der Waals surface area contributed by atoms with Crippen molar-refractivity contribution in [2.75, 3.05) is 0 Å². The van der Waals surface area contributed by atoms with Crippen LogP contribution in [0.5, 0.6) is 0 Å². The maximum absolute atomic E-state index is 13.7. The molecule has 1 aromatic heterocycles. The summed E-state index contributed by atoms with van der Waals surface area (Å²) in [5, 5.41) is 4.81. The Hall–Kier alpha value is -2.77. The monoisotopic (exact) mass is 351 g/mol. The molecule has 1 atom stereocenters. The lowest BCUT2D eigenvalue weighted by molar-refractivity contribution is -0.124. The first-order valence-electron chi connectivity index (χ1n) is 7.63. The Morgan fingerprint density at radius 1 is 1.20 bits per heavy atom. The summed E-state index contributed by atoms with van der Waals surface area (Å²) in [5.41, 5.74) is -1.84. The fourth-order valence-electron chi connectivity index (χ4n) is 2.24. The molecule has 0 spiro atoms. The average molecular weight is 351 g/mol. The largest absolute Gasteiger partial charge is 0.358 e. The van der Waals surface area contributed by atoms with Crippen molar-refractivity contribution in [3.05, 3.63) is 45.8 Å². The molecule has 0 saturated carbocycles. The molecule has 0 radical (unpaired) electrons. The van der Waals surface area contributed by atoms with Crippen LogP contribution in [0.4, 0.5) is 8.78 Å². The van der Waals surface area contributed by atoms with Gasteiger partial charge in [-0.1, -0.05) is 0 Å². The quantitative estimate of drug-likeness (QED) is 0.788. The van der Waals surface area contributed by atoms with Crippen molar-refractivity contribution in [1.29, 1.82) is 0 Å². The van der Waals surface area contributed by atoms with Crippen LogP contribution in [0.2, 0.25) is 0 Å². The Morgan fingerprint density at radius 2 is 1.84 bits per heavy atom. The maximum Gasteiger partial charge on any atom is 0.257 e. The summed E-state index contributed by atoms with van der Waals surface area (Å²) in [5.74, 6) is -3.09. The number of aromatic nitrogens is 1. The predicted molar refractivity (Wildman–Crippen MR) is 89.3 cm³/mol. The molecule has 0 aliphatic rings. The van der Waals surface area contributed by atoms with Gasteiger partial charge in [0.1, 0.15) is 23.2 Å². The zero-order chi connectivity index (χ0) is 18.9. The number of aromatic amines is 1. The highest BCUT2D eigenvalue weighted by Crippen LogP contribution is 2.15. The molecule has 0 aliphatic heterocycles. The van der Waals surface area contributed by atoms with Gasteiger partial charge >= 0.3 is 0 Å². The van der Waals surface area contributed by atoms with Gasteiger partial charge in [-0.15, -0.1) is 0 Å². The van der Waals surface area contributed by atoms with Gasteiger partial charge in [-0.2, -0.15) is 0 Å². The highest BCUT2D eigenvalue weighted by atomic mass is 19.1. The van der Waals surface area contributed by atoms with E-state index in [1.54, 1.807) is 20.8 Å². The zero-order valence-corrected chi connectivity index (χ0v) is 14.3. The number of amides is 2. The van der Waals surface area contributed by atoms with Crippen molar-refractivity contribution in [3.63, 3.8) is 0 Å². The lowest BCUT2D eigenvalue weighted by Gasteiger charge is -2.23. The van der Waals surface area contributed by atoms with Gasteiger partial charge in [-0.3, -0.25) is 14.4 Å². The summed E-state index contributed by atoms with van der Waals surface area (Å²) >= 11 is 0. The number of hydrogen-bond donors (Lipinski definition) is 3. The van der Waals surface area contributed by atoms with Crippen molar-refractivity contribution in [2.24, 2.45) is 0 Å². The van der Waals surface area contributed by atoms with E-state index >= 15 is 0 Å². The third-order valence-electron chi connectivity index (χ3n) is 3.39. The molecule has 0 saturated heterocycles. The number of carbonyl (C=O) groups is 2. The molecule has 0 aliphatic carbocycles. The summed E-state index contributed by atoms with van der Waals surface area (Å²) in [6.07, 6.45) is 1.04. The van der Waals surface area contributed by atoms with Gasteiger partial charge in [0.25, 0.3) is 5.91 Å². The fraction of sp³-hybridized carbons (Fsp3) is 0.353. The normalized spacial score (nSPS) is 12.7. The molecular weight excluding hydrogens is 332 g/mol. The molecule has 2 rings (SSSR count). The van der Waals surface area contributed by atoms with Crippen molar-refractivity contribution >= 4 is 22.7 Å². The second kappa shape index (κ2) is 6.62. The van der Waals surface area contributed by atoms with Crippen LogP contribution < -0.4 is 16.1 Å². The number of carbonyl (C=O) groups excluding carboxylic acids is 2. The molecule has 8 heteroatoms. The highest BCUT2D eigenvalue weighted by Gasteiger charge is 2.23. The number of rotatable bonds is 3. The van der Waals surface area contributed by atoms with E-state index in [9.17, 15) is 23.2 Å². The fourth-order valence-corrected chi connectivity index (χ4v) is 2.24. The Kier molecular flexibility index (Phi) is 4.92. The van der Waals surface area contributed by atoms with Crippen molar-refractivity contribution in [2.45, 2.75) is 39.3 Å². The molecule has 2 aromatic rings. The zero-order valence-electron chi connectivity index (χ0n) is 14.3. The SMILES string of the molecule is C[C@H](NC(=O)c1c[nH]c2c(F)cc(F)cc2c1=O)C(=O)NC(C)(C)C. The minimum absolute atomic E-state index is 0.193. The molecule has 0 bridgehead atoms.